The fraction of sp³-hybridized carbons (Fsp3) is 0.152. The summed E-state index contributed by atoms with van der Waals surface area (Å²) in [7, 11) is -0.378. The minimum atomic E-state index is -2.07. The zero-order chi connectivity index (χ0) is 31.2. The van der Waals surface area contributed by atoms with E-state index >= 15 is 0 Å². The van der Waals surface area contributed by atoms with Gasteiger partial charge in [0.15, 0.2) is 6.35 Å². The van der Waals surface area contributed by atoms with Crippen LogP contribution in [0.4, 0.5) is 0 Å². The maximum atomic E-state index is 6.41. The Bertz CT molecular complexity index is 1510. The number of nitrogens with zero attached hydrogens (tertiary/aromatic N) is 4. The molecule has 0 aliphatic rings. The maximum Gasteiger partial charge on any atom is 2.00 e. The molecule has 0 heterocycles. The first kappa shape index (κ1) is 36.5. The first-order chi connectivity index (χ1) is 21.4. The summed E-state index contributed by atoms with van der Waals surface area (Å²) >= 11 is 14.0. The van der Waals surface area contributed by atoms with Crippen molar-refractivity contribution in [1.29, 1.82) is 0 Å². The molecule has 4 aromatic rings. The van der Waals surface area contributed by atoms with E-state index in [0.29, 0.717) is 30.9 Å². The van der Waals surface area contributed by atoms with Crippen molar-refractivity contribution in [3.8, 4) is 0 Å². The normalized spacial score (nSPS) is 12.8. The third kappa shape index (κ3) is 10.2. The molecular formula is C33H33BrCuN6OPS2+. The number of benzene rings is 4. The number of rotatable bonds is 12. The van der Waals surface area contributed by atoms with Gasteiger partial charge in [-0.25, -0.2) is 0 Å². The van der Waals surface area contributed by atoms with Crippen LogP contribution in [0.1, 0.15) is 12.5 Å². The van der Waals surface area contributed by atoms with Gasteiger partial charge in [0.05, 0.1) is 12.3 Å². The summed E-state index contributed by atoms with van der Waals surface area (Å²) in [5.41, 5.74) is 1.90. The van der Waals surface area contributed by atoms with E-state index in [4.69, 9.17) is 30.0 Å². The maximum absolute atomic E-state index is 6.41. The molecule has 235 valence electrons. The van der Waals surface area contributed by atoms with Crippen LogP contribution in [0.5, 0.6) is 0 Å². The molecule has 0 unspecified atom stereocenters. The SMILES string of the molecule is CN/C([S-])=N/N=C(/C(C)=N/N=C(\[S-])NCCOC[P+](c1ccccc1)(c1ccccc1)c1ccccc1)c1ccc(Br)cc1.[Cu+2]. The molecule has 45 heavy (non-hydrogen) atoms. The minimum absolute atomic E-state index is 0. The van der Waals surface area contributed by atoms with Crippen molar-refractivity contribution >= 4 is 86.1 Å². The van der Waals surface area contributed by atoms with Gasteiger partial charge in [-0.2, -0.15) is 15.3 Å². The Morgan fingerprint density at radius 1 is 0.711 bits per heavy atom. The number of hydrogen-bond acceptors (Lipinski definition) is 7. The van der Waals surface area contributed by atoms with Crippen LogP contribution in [0, 0.1) is 0 Å². The Hall–Kier alpha value is -3.01. The van der Waals surface area contributed by atoms with Crippen molar-refractivity contribution < 1.29 is 21.8 Å². The first-order valence-electron chi connectivity index (χ1n) is 13.9. The predicted molar refractivity (Wildman–Crippen MR) is 196 cm³/mol. The molecule has 0 spiro atoms. The summed E-state index contributed by atoms with van der Waals surface area (Å²) in [6, 6.07) is 39.6. The van der Waals surface area contributed by atoms with Crippen LogP contribution < -0.4 is 26.5 Å². The number of nitrogens with one attached hydrogen (secondary N) is 2. The Labute approximate surface area is 295 Å². The first-order valence-corrected chi connectivity index (χ1v) is 17.4. The zero-order valence-electron chi connectivity index (χ0n) is 24.7. The van der Waals surface area contributed by atoms with Gasteiger partial charge in [-0.05, 0) is 65.8 Å². The fourth-order valence-corrected chi connectivity index (χ4v) is 8.68. The molecule has 0 atom stereocenters. The van der Waals surface area contributed by atoms with E-state index in [1.54, 1.807) is 14.0 Å². The van der Waals surface area contributed by atoms with Crippen molar-refractivity contribution in [2.45, 2.75) is 6.92 Å². The molecule has 0 saturated carbocycles. The van der Waals surface area contributed by atoms with Crippen LogP contribution in [0.2, 0.25) is 0 Å². The molecule has 0 amide bonds. The smallest absolute Gasteiger partial charge is 0.741 e. The van der Waals surface area contributed by atoms with Crippen molar-refractivity contribution in [1.82, 2.24) is 10.6 Å². The molecule has 0 fully saturated rings. The van der Waals surface area contributed by atoms with Gasteiger partial charge in [0.2, 0.25) is 0 Å². The monoisotopic (exact) mass is 766 g/mol. The predicted octanol–water partition coefficient (Wildman–Crippen LogP) is 5.11. The van der Waals surface area contributed by atoms with Crippen molar-refractivity contribution in [3.05, 3.63) is 125 Å². The molecule has 2 N–H and O–H groups in total. The zero-order valence-corrected chi connectivity index (χ0v) is 29.8. The Kier molecular flexibility index (Phi) is 15.3. The molecule has 1 radical (unpaired) electrons. The molecule has 12 heteroatoms. The summed E-state index contributed by atoms with van der Waals surface area (Å²) in [5, 5.41) is 27.1. The van der Waals surface area contributed by atoms with Crippen LogP contribution in [-0.4, -0.2) is 48.3 Å². The van der Waals surface area contributed by atoms with Crippen LogP contribution in [-0.2, 0) is 47.1 Å². The summed E-state index contributed by atoms with van der Waals surface area (Å²) < 4.78 is 7.36. The van der Waals surface area contributed by atoms with Gasteiger partial charge in [-0.15, -0.1) is 5.10 Å². The molecule has 7 nitrogen and oxygen atoms in total. The van der Waals surface area contributed by atoms with Crippen LogP contribution in [0.3, 0.4) is 0 Å². The second-order valence-corrected chi connectivity index (χ2v) is 14.6. The van der Waals surface area contributed by atoms with Crippen LogP contribution >= 0.6 is 23.2 Å². The Balaban J connectivity index is 0.00000552. The standard InChI is InChI=1S/C33H34BrN6OPS2.Cu/c1-25(31(38-39-32(43)35-2)26-18-20-27(34)21-19-26)37-40-33(44)36-22-23-41-24-42(28-12-6-3-7-13-28,29-14-8-4-9-15-29)30-16-10-5-11-17-30;/h3-21H,22-24H2,1-2H3,(H3-,35,36,37,38,39,40,43,44);/q;+2/p-1. The number of halogens is 1. The van der Waals surface area contributed by atoms with Gasteiger partial charge < -0.3 is 40.6 Å². The summed E-state index contributed by atoms with van der Waals surface area (Å²) in [6.07, 6.45) is 0.554. The molecule has 4 aromatic carbocycles. The third-order valence-corrected chi connectivity index (χ3v) is 11.8. The molecule has 4 rings (SSSR count). The van der Waals surface area contributed by atoms with E-state index in [2.05, 4.69) is 120 Å². The third-order valence-electron chi connectivity index (χ3n) is 6.60. The topological polar surface area (TPSA) is 82.7 Å². The van der Waals surface area contributed by atoms with Crippen LogP contribution in [0.15, 0.2) is 140 Å². The van der Waals surface area contributed by atoms with E-state index in [1.807, 2.05) is 42.5 Å². The molecular weight excluding hydrogens is 735 g/mol. The number of hydrogen-bond donors (Lipinski definition) is 2. The summed E-state index contributed by atoms with van der Waals surface area (Å²) in [4.78, 5) is 0. The van der Waals surface area contributed by atoms with Crippen molar-refractivity contribution in [3.63, 3.8) is 0 Å². The van der Waals surface area contributed by atoms with E-state index in [1.165, 1.54) is 15.9 Å². The molecule has 0 bridgehead atoms. The molecule has 0 aromatic heterocycles. The van der Waals surface area contributed by atoms with E-state index in [-0.39, 0.29) is 27.4 Å². The van der Waals surface area contributed by atoms with Gasteiger partial charge in [-0.3, -0.25) is 0 Å². The average Bonchev–Trinajstić information content (AvgIpc) is 3.07. The molecule has 0 aliphatic heterocycles. The van der Waals surface area contributed by atoms with Gasteiger partial charge in [0.25, 0.3) is 0 Å². The van der Waals surface area contributed by atoms with E-state index in [9.17, 15) is 0 Å². The number of amidine groups is 2. The quantitative estimate of drug-likeness (QED) is 0.0399. The van der Waals surface area contributed by atoms with Gasteiger partial charge in [0, 0.05) is 23.6 Å². The van der Waals surface area contributed by atoms with E-state index < -0.39 is 7.26 Å². The van der Waals surface area contributed by atoms with E-state index in [0.717, 1.165) is 10.0 Å². The fourth-order valence-electron chi connectivity index (χ4n) is 4.45. The second kappa shape index (κ2) is 18.8. The second-order valence-electron chi connectivity index (χ2n) is 9.48. The van der Waals surface area contributed by atoms with Crippen molar-refractivity contribution in [2.24, 2.45) is 20.4 Å². The average molecular weight is 768 g/mol. The Morgan fingerprint density at radius 3 is 1.69 bits per heavy atom. The largest absolute Gasteiger partial charge is 2.00 e. The number of ether oxygens (including phenoxy) is 1. The van der Waals surface area contributed by atoms with Gasteiger partial charge >= 0.3 is 17.1 Å². The summed E-state index contributed by atoms with van der Waals surface area (Å²) in [6.45, 7) is 2.72. The molecule has 0 saturated heterocycles. The van der Waals surface area contributed by atoms with Crippen LogP contribution in [0.25, 0.3) is 0 Å². The van der Waals surface area contributed by atoms with Crippen molar-refractivity contribution in [2.75, 3.05) is 26.5 Å². The Morgan fingerprint density at radius 2 is 1.20 bits per heavy atom. The summed E-state index contributed by atoms with van der Waals surface area (Å²) in [5.74, 6) is 0. The van der Waals surface area contributed by atoms with Gasteiger partial charge in [-0.1, -0.05) is 82.7 Å². The van der Waals surface area contributed by atoms with Gasteiger partial charge in [0.1, 0.15) is 28.9 Å². The minimum Gasteiger partial charge on any atom is -0.741 e. The molecule has 0 aliphatic carbocycles.